The second-order valence-electron chi connectivity index (χ2n) is 9.34. The highest BCUT2D eigenvalue weighted by Crippen LogP contribution is 2.34. The van der Waals surface area contributed by atoms with E-state index in [0.29, 0.717) is 43.1 Å². The first-order chi connectivity index (χ1) is 17.4. The molecule has 0 fully saturated rings. The molecule has 1 aromatic heterocycles. The molecular weight excluding hydrogens is 468 g/mol. The van der Waals surface area contributed by atoms with Gasteiger partial charge in [0.1, 0.15) is 0 Å². The maximum absolute atomic E-state index is 13.0. The maximum Gasteiger partial charge on any atom is 0.321 e. The topological polar surface area (TPSA) is 131 Å². The van der Waals surface area contributed by atoms with Gasteiger partial charge in [-0.2, -0.15) is 0 Å². The molecule has 0 bridgehead atoms. The molecule has 1 aromatic carbocycles. The summed E-state index contributed by atoms with van der Waals surface area (Å²) in [4.78, 5) is 29.2. The molecule has 0 aliphatic carbocycles. The van der Waals surface area contributed by atoms with E-state index in [1.54, 1.807) is 45.9 Å². The Balaban J connectivity index is 1.48. The minimum Gasteiger partial charge on any atom is -0.454 e. The molecule has 0 spiro atoms. The number of hydrogen-bond acceptors (Lipinski definition) is 8. The van der Waals surface area contributed by atoms with Gasteiger partial charge in [0.25, 0.3) is 0 Å². The van der Waals surface area contributed by atoms with Crippen molar-refractivity contribution in [3.8, 4) is 11.5 Å². The van der Waals surface area contributed by atoms with Gasteiger partial charge in [-0.3, -0.25) is 4.79 Å². The Morgan fingerprint density at radius 1 is 1.33 bits per heavy atom. The van der Waals surface area contributed by atoms with Crippen molar-refractivity contribution >= 4 is 17.6 Å². The van der Waals surface area contributed by atoms with Gasteiger partial charge in [0.15, 0.2) is 11.5 Å². The SMILES string of the molecule is C[C@H](CO)N1C[C@H](C)[C@@H](CN(C)C(=O)Nc2ccc3c(c2)OCO3)OCc2cnnn2CCCC1=O. The number of aromatic nitrogens is 3. The van der Waals surface area contributed by atoms with Crippen molar-refractivity contribution in [3.63, 3.8) is 0 Å². The van der Waals surface area contributed by atoms with Gasteiger partial charge in [-0.15, -0.1) is 5.10 Å². The molecule has 0 radical (unpaired) electrons. The Morgan fingerprint density at radius 3 is 2.94 bits per heavy atom. The number of carbonyl (C=O) groups is 2. The predicted molar refractivity (Wildman–Crippen MR) is 129 cm³/mol. The highest BCUT2D eigenvalue weighted by molar-refractivity contribution is 5.89. The van der Waals surface area contributed by atoms with Crippen LogP contribution >= 0.6 is 0 Å². The van der Waals surface area contributed by atoms with Gasteiger partial charge in [0.2, 0.25) is 12.7 Å². The zero-order chi connectivity index (χ0) is 25.7. The molecule has 2 aliphatic rings. The molecule has 4 rings (SSSR count). The van der Waals surface area contributed by atoms with Crippen molar-refractivity contribution in [2.75, 3.05) is 38.9 Å². The van der Waals surface area contributed by atoms with E-state index in [9.17, 15) is 14.7 Å². The Kier molecular flexibility index (Phi) is 8.26. The number of nitrogens with one attached hydrogen (secondary N) is 1. The van der Waals surface area contributed by atoms with Crippen LogP contribution in [0.25, 0.3) is 0 Å². The number of fused-ring (bicyclic) bond motifs is 2. The fourth-order valence-electron chi connectivity index (χ4n) is 4.29. The zero-order valence-electron chi connectivity index (χ0n) is 20.9. The third-order valence-corrected chi connectivity index (χ3v) is 6.56. The minimum atomic E-state index is -0.388. The highest BCUT2D eigenvalue weighted by atomic mass is 16.7. The van der Waals surface area contributed by atoms with E-state index in [0.717, 1.165) is 5.69 Å². The molecule has 12 nitrogen and oxygen atoms in total. The summed E-state index contributed by atoms with van der Waals surface area (Å²) in [6.45, 7) is 5.36. The Labute approximate surface area is 210 Å². The molecule has 3 amide bonds. The van der Waals surface area contributed by atoms with Crippen LogP contribution in [0.5, 0.6) is 11.5 Å². The first-order valence-electron chi connectivity index (χ1n) is 12.2. The van der Waals surface area contributed by atoms with Crippen LogP contribution in [0.15, 0.2) is 24.4 Å². The summed E-state index contributed by atoms with van der Waals surface area (Å²) in [5, 5.41) is 20.7. The van der Waals surface area contributed by atoms with Gasteiger partial charge < -0.3 is 34.4 Å². The minimum absolute atomic E-state index is 0.0294. The number of anilines is 1. The highest BCUT2D eigenvalue weighted by Gasteiger charge is 2.29. The third kappa shape index (κ3) is 6.05. The average Bonchev–Trinajstić information content (AvgIpc) is 3.52. The monoisotopic (exact) mass is 502 g/mol. The number of amides is 3. The number of nitrogens with zero attached hydrogens (tertiary/aromatic N) is 5. The van der Waals surface area contributed by atoms with Crippen LogP contribution in [0.3, 0.4) is 0 Å². The summed E-state index contributed by atoms with van der Waals surface area (Å²) in [5.74, 6) is 1.08. The standard InChI is InChI=1S/C24H34N6O6/c1-16-11-29(17(2)13-31)23(32)5-4-8-30-19(10-25-27-30)14-34-22(16)12-28(3)24(33)26-18-6-7-20-21(9-18)36-15-35-20/h6-7,9-10,16-17,22,31H,4-5,8,11-15H2,1-3H3,(H,26,33)/t16-,17+,22+/m0/s1. The fourth-order valence-corrected chi connectivity index (χ4v) is 4.29. The fraction of sp³-hybridized carbons (Fsp3) is 0.583. The van der Waals surface area contributed by atoms with Gasteiger partial charge in [-0.25, -0.2) is 9.48 Å². The van der Waals surface area contributed by atoms with Crippen LogP contribution in [0, 0.1) is 5.92 Å². The number of aliphatic hydroxyl groups is 1. The second-order valence-corrected chi connectivity index (χ2v) is 9.34. The first-order valence-corrected chi connectivity index (χ1v) is 12.2. The first kappa shape index (κ1) is 25.7. The molecule has 0 saturated heterocycles. The van der Waals surface area contributed by atoms with Crippen molar-refractivity contribution in [1.82, 2.24) is 24.8 Å². The van der Waals surface area contributed by atoms with Crippen molar-refractivity contribution in [2.45, 2.75) is 52.0 Å². The lowest BCUT2D eigenvalue weighted by molar-refractivity contribution is -0.136. The molecule has 3 atom stereocenters. The van der Waals surface area contributed by atoms with Crippen LogP contribution in [-0.4, -0.2) is 87.5 Å². The molecule has 2 aromatic rings. The van der Waals surface area contributed by atoms with Crippen LogP contribution in [0.4, 0.5) is 10.5 Å². The van der Waals surface area contributed by atoms with E-state index in [1.807, 2.05) is 13.8 Å². The molecule has 2 N–H and O–H groups in total. The number of aryl methyl sites for hydroxylation is 1. The second kappa shape index (κ2) is 11.6. The van der Waals surface area contributed by atoms with Crippen molar-refractivity contribution < 1.29 is 28.9 Å². The van der Waals surface area contributed by atoms with Gasteiger partial charge in [-0.05, 0) is 25.5 Å². The van der Waals surface area contributed by atoms with Crippen LogP contribution < -0.4 is 14.8 Å². The van der Waals surface area contributed by atoms with E-state index in [4.69, 9.17) is 14.2 Å². The molecular formula is C24H34N6O6. The number of ether oxygens (including phenoxy) is 3. The number of likely N-dealkylation sites (N-methyl/N-ethyl adjacent to an activating group) is 1. The largest absolute Gasteiger partial charge is 0.454 e. The number of urea groups is 1. The summed E-state index contributed by atoms with van der Waals surface area (Å²) in [6.07, 6.45) is 2.23. The molecule has 196 valence electrons. The summed E-state index contributed by atoms with van der Waals surface area (Å²) in [6, 6.07) is 4.59. The van der Waals surface area contributed by atoms with E-state index in [-0.39, 0.29) is 56.6 Å². The number of rotatable bonds is 5. The lowest BCUT2D eigenvalue weighted by Crippen LogP contribution is -2.48. The smallest absolute Gasteiger partial charge is 0.321 e. The summed E-state index contributed by atoms with van der Waals surface area (Å²) < 4.78 is 18.7. The predicted octanol–water partition coefficient (Wildman–Crippen LogP) is 1.70. The summed E-state index contributed by atoms with van der Waals surface area (Å²) >= 11 is 0. The van der Waals surface area contributed by atoms with Gasteiger partial charge >= 0.3 is 6.03 Å². The average molecular weight is 503 g/mol. The Bertz CT molecular complexity index is 1060. The van der Waals surface area contributed by atoms with Crippen molar-refractivity contribution in [2.24, 2.45) is 5.92 Å². The molecule has 0 saturated carbocycles. The lowest BCUT2D eigenvalue weighted by atomic mass is 10.0. The van der Waals surface area contributed by atoms with Crippen LogP contribution in [-0.2, 0) is 22.7 Å². The van der Waals surface area contributed by atoms with Crippen LogP contribution in [0.2, 0.25) is 0 Å². The van der Waals surface area contributed by atoms with Crippen molar-refractivity contribution in [1.29, 1.82) is 0 Å². The van der Waals surface area contributed by atoms with Crippen molar-refractivity contribution in [3.05, 3.63) is 30.1 Å². The molecule has 2 aliphatic heterocycles. The Morgan fingerprint density at radius 2 is 2.14 bits per heavy atom. The van der Waals surface area contributed by atoms with E-state index in [2.05, 4.69) is 15.6 Å². The van der Waals surface area contributed by atoms with E-state index < -0.39 is 0 Å². The molecule has 0 unspecified atom stereocenters. The Hall–Kier alpha value is -3.38. The third-order valence-electron chi connectivity index (χ3n) is 6.56. The van der Waals surface area contributed by atoms with E-state index >= 15 is 0 Å². The van der Waals surface area contributed by atoms with Gasteiger partial charge in [-0.1, -0.05) is 12.1 Å². The van der Waals surface area contributed by atoms with Crippen LogP contribution in [0.1, 0.15) is 32.4 Å². The summed E-state index contributed by atoms with van der Waals surface area (Å²) in [5.41, 5.74) is 1.40. The zero-order valence-corrected chi connectivity index (χ0v) is 20.9. The maximum atomic E-state index is 13.0. The molecule has 12 heteroatoms. The van der Waals surface area contributed by atoms with E-state index in [1.165, 1.54) is 0 Å². The molecule has 3 heterocycles. The summed E-state index contributed by atoms with van der Waals surface area (Å²) in [7, 11) is 1.69. The normalized spacial score (nSPS) is 21.2. The number of benzene rings is 1. The molecule has 36 heavy (non-hydrogen) atoms. The number of aliphatic hydroxyl groups excluding tert-OH is 1. The number of carbonyl (C=O) groups excluding carboxylic acids is 2. The quantitative estimate of drug-likeness (QED) is 0.632. The number of hydrogen-bond donors (Lipinski definition) is 2. The van der Waals surface area contributed by atoms with Gasteiger partial charge in [0, 0.05) is 50.8 Å². The lowest BCUT2D eigenvalue weighted by Gasteiger charge is -2.35. The van der Waals surface area contributed by atoms with Gasteiger partial charge in [0.05, 0.1) is 37.3 Å².